The van der Waals surface area contributed by atoms with Crippen LogP contribution in [-0.2, 0) is 19.7 Å². The van der Waals surface area contributed by atoms with Crippen molar-refractivity contribution in [2.24, 2.45) is 0 Å². The maximum Gasteiger partial charge on any atom is 0.306 e. The molecule has 1 aliphatic heterocycles. The van der Waals surface area contributed by atoms with Crippen molar-refractivity contribution in [2.45, 2.75) is 30.8 Å². The standard InChI is InChI=1S/C16H18FNO4/c17-12-3-1-2-11(8-12)16(4-5-16)15(21)18-6-7-22-13(10-18)9-14(19)20/h1-3,8,13H,4-7,9-10H2,(H,19,20)/t13-/m1/s1. The Morgan fingerprint density at radius 3 is 2.82 bits per heavy atom. The number of carbonyl (C=O) groups is 2. The third-order valence-electron chi connectivity index (χ3n) is 4.36. The molecule has 22 heavy (non-hydrogen) atoms. The van der Waals surface area contributed by atoms with Crippen LogP contribution in [0.2, 0.25) is 0 Å². The van der Waals surface area contributed by atoms with Gasteiger partial charge in [0.2, 0.25) is 5.91 Å². The summed E-state index contributed by atoms with van der Waals surface area (Å²) in [6.07, 6.45) is 0.821. The van der Waals surface area contributed by atoms with Crippen molar-refractivity contribution in [3.63, 3.8) is 0 Å². The Kier molecular flexibility index (Phi) is 3.87. The van der Waals surface area contributed by atoms with E-state index < -0.39 is 17.5 Å². The summed E-state index contributed by atoms with van der Waals surface area (Å²) in [5.74, 6) is -1.33. The summed E-state index contributed by atoms with van der Waals surface area (Å²) < 4.78 is 18.8. The monoisotopic (exact) mass is 307 g/mol. The molecule has 1 aliphatic carbocycles. The number of hydrogen-bond donors (Lipinski definition) is 1. The van der Waals surface area contributed by atoms with Gasteiger partial charge in [-0.05, 0) is 30.5 Å². The average molecular weight is 307 g/mol. The van der Waals surface area contributed by atoms with Gasteiger partial charge in [0.25, 0.3) is 0 Å². The van der Waals surface area contributed by atoms with E-state index in [0.717, 1.165) is 0 Å². The first-order valence-electron chi connectivity index (χ1n) is 7.40. The molecule has 1 saturated carbocycles. The number of carbonyl (C=O) groups excluding carboxylic acids is 1. The predicted molar refractivity (Wildman–Crippen MR) is 75.9 cm³/mol. The van der Waals surface area contributed by atoms with Gasteiger partial charge < -0.3 is 14.7 Å². The lowest BCUT2D eigenvalue weighted by Gasteiger charge is -2.35. The summed E-state index contributed by atoms with van der Waals surface area (Å²) in [7, 11) is 0. The highest BCUT2D eigenvalue weighted by molar-refractivity contribution is 5.91. The molecule has 1 N–H and O–H groups in total. The van der Waals surface area contributed by atoms with E-state index in [2.05, 4.69) is 0 Å². The Balaban J connectivity index is 1.74. The number of halogens is 1. The molecule has 1 atom stereocenters. The lowest BCUT2D eigenvalue weighted by atomic mass is 9.93. The molecule has 1 saturated heterocycles. The highest BCUT2D eigenvalue weighted by atomic mass is 19.1. The van der Waals surface area contributed by atoms with E-state index in [4.69, 9.17) is 9.84 Å². The molecular formula is C16H18FNO4. The molecule has 0 bridgehead atoms. The topological polar surface area (TPSA) is 66.8 Å². The van der Waals surface area contributed by atoms with Gasteiger partial charge in [-0.3, -0.25) is 9.59 Å². The number of benzene rings is 1. The van der Waals surface area contributed by atoms with Crippen molar-refractivity contribution in [3.05, 3.63) is 35.6 Å². The van der Waals surface area contributed by atoms with E-state index in [9.17, 15) is 14.0 Å². The summed E-state index contributed by atoms with van der Waals surface area (Å²) in [4.78, 5) is 25.3. The zero-order valence-corrected chi connectivity index (χ0v) is 12.1. The minimum atomic E-state index is -0.939. The van der Waals surface area contributed by atoms with Gasteiger partial charge in [0.15, 0.2) is 0 Å². The Bertz CT molecular complexity index is 600. The van der Waals surface area contributed by atoms with E-state index in [0.29, 0.717) is 31.6 Å². The number of rotatable bonds is 4. The fourth-order valence-corrected chi connectivity index (χ4v) is 3.06. The predicted octanol–water partition coefficient (Wildman–Crippen LogP) is 1.56. The minimum Gasteiger partial charge on any atom is -0.481 e. The Morgan fingerprint density at radius 2 is 2.18 bits per heavy atom. The SMILES string of the molecule is O=C(O)C[C@@H]1CN(C(=O)C2(c3cccc(F)c3)CC2)CCO1. The van der Waals surface area contributed by atoms with Crippen molar-refractivity contribution >= 4 is 11.9 Å². The highest BCUT2D eigenvalue weighted by Crippen LogP contribution is 2.49. The molecule has 5 nitrogen and oxygen atoms in total. The molecule has 0 spiro atoms. The molecule has 1 amide bonds. The lowest BCUT2D eigenvalue weighted by Crippen LogP contribution is -2.49. The van der Waals surface area contributed by atoms with Gasteiger partial charge in [0, 0.05) is 13.1 Å². The largest absolute Gasteiger partial charge is 0.481 e. The molecule has 2 aliphatic rings. The molecule has 1 aromatic carbocycles. The Hall–Kier alpha value is -1.95. The highest BCUT2D eigenvalue weighted by Gasteiger charge is 2.53. The molecule has 0 aromatic heterocycles. The minimum absolute atomic E-state index is 0.0446. The molecule has 6 heteroatoms. The molecular weight excluding hydrogens is 289 g/mol. The second-order valence-electron chi connectivity index (χ2n) is 5.93. The number of morpholine rings is 1. The van der Waals surface area contributed by atoms with Crippen LogP contribution in [0.1, 0.15) is 24.8 Å². The quantitative estimate of drug-likeness (QED) is 0.916. The van der Waals surface area contributed by atoms with Gasteiger partial charge in [-0.25, -0.2) is 4.39 Å². The van der Waals surface area contributed by atoms with Crippen LogP contribution in [0, 0.1) is 5.82 Å². The second-order valence-corrected chi connectivity index (χ2v) is 5.93. The van der Waals surface area contributed by atoms with E-state index in [1.54, 1.807) is 17.0 Å². The number of amides is 1. The van der Waals surface area contributed by atoms with Gasteiger partial charge >= 0.3 is 5.97 Å². The smallest absolute Gasteiger partial charge is 0.306 e. The molecule has 2 fully saturated rings. The number of carboxylic acid groups (broad SMARTS) is 1. The van der Waals surface area contributed by atoms with Gasteiger partial charge in [-0.2, -0.15) is 0 Å². The van der Waals surface area contributed by atoms with Crippen molar-refractivity contribution < 1.29 is 23.8 Å². The molecule has 1 aromatic rings. The van der Waals surface area contributed by atoms with Gasteiger partial charge in [-0.15, -0.1) is 0 Å². The number of ether oxygens (including phenoxy) is 1. The van der Waals surface area contributed by atoms with Gasteiger partial charge in [0.1, 0.15) is 5.82 Å². The molecule has 0 unspecified atom stereocenters. The zero-order valence-electron chi connectivity index (χ0n) is 12.1. The van der Waals surface area contributed by atoms with Gasteiger partial charge in [0.05, 0.1) is 24.5 Å². The molecule has 1 heterocycles. The first-order valence-corrected chi connectivity index (χ1v) is 7.40. The van der Waals surface area contributed by atoms with Crippen molar-refractivity contribution in [1.29, 1.82) is 0 Å². The number of hydrogen-bond acceptors (Lipinski definition) is 3. The fourth-order valence-electron chi connectivity index (χ4n) is 3.06. The second kappa shape index (κ2) is 5.68. The van der Waals surface area contributed by atoms with E-state index in [1.807, 2.05) is 0 Å². The first-order chi connectivity index (χ1) is 10.5. The number of aliphatic carboxylic acids is 1. The van der Waals surface area contributed by atoms with Crippen LogP contribution in [0.3, 0.4) is 0 Å². The van der Waals surface area contributed by atoms with E-state index in [1.165, 1.54) is 12.1 Å². The summed E-state index contributed by atoms with van der Waals surface area (Å²) in [6.45, 7) is 1.07. The third-order valence-corrected chi connectivity index (χ3v) is 4.36. The number of carboxylic acids is 1. The summed E-state index contributed by atoms with van der Waals surface area (Å²) in [5.41, 5.74) is 0.0755. The maximum atomic E-state index is 13.4. The van der Waals surface area contributed by atoms with Crippen LogP contribution in [-0.4, -0.2) is 47.7 Å². The molecule has 0 radical (unpaired) electrons. The average Bonchev–Trinajstić information content (AvgIpc) is 3.28. The van der Waals surface area contributed by atoms with Crippen LogP contribution in [0.4, 0.5) is 4.39 Å². The van der Waals surface area contributed by atoms with Gasteiger partial charge in [-0.1, -0.05) is 12.1 Å². The molecule has 3 rings (SSSR count). The van der Waals surface area contributed by atoms with Crippen LogP contribution >= 0.6 is 0 Å². The van der Waals surface area contributed by atoms with Crippen LogP contribution in [0.5, 0.6) is 0 Å². The van der Waals surface area contributed by atoms with Crippen LogP contribution in [0.25, 0.3) is 0 Å². The summed E-state index contributed by atoms with van der Waals surface area (Å²) in [5, 5.41) is 8.85. The summed E-state index contributed by atoms with van der Waals surface area (Å²) in [6, 6.07) is 6.18. The van der Waals surface area contributed by atoms with Crippen molar-refractivity contribution in [2.75, 3.05) is 19.7 Å². The normalized spacial score (nSPS) is 23.1. The summed E-state index contributed by atoms with van der Waals surface area (Å²) >= 11 is 0. The van der Waals surface area contributed by atoms with Crippen LogP contribution in [0.15, 0.2) is 24.3 Å². The number of nitrogens with zero attached hydrogens (tertiary/aromatic N) is 1. The van der Waals surface area contributed by atoms with Crippen molar-refractivity contribution in [3.8, 4) is 0 Å². The lowest BCUT2D eigenvalue weighted by molar-refractivity contribution is -0.149. The van der Waals surface area contributed by atoms with Crippen molar-refractivity contribution in [1.82, 2.24) is 4.90 Å². The van der Waals surface area contributed by atoms with Crippen LogP contribution < -0.4 is 0 Å². The third kappa shape index (κ3) is 2.83. The Morgan fingerprint density at radius 1 is 1.41 bits per heavy atom. The Labute approximate surface area is 127 Å². The van der Waals surface area contributed by atoms with E-state index >= 15 is 0 Å². The van der Waals surface area contributed by atoms with E-state index in [-0.39, 0.29) is 24.7 Å². The first kappa shape index (κ1) is 15.0. The zero-order chi connectivity index (χ0) is 15.7. The fraction of sp³-hybridized carbons (Fsp3) is 0.500. The molecule has 118 valence electrons. The maximum absolute atomic E-state index is 13.4.